The zero-order valence-electron chi connectivity index (χ0n) is 20.5. The summed E-state index contributed by atoms with van der Waals surface area (Å²) in [5, 5.41) is 5.24. The normalized spacial score (nSPS) is 18.1. The predicted octanol–water partition coefficient (Wildman–Crippen LogP) is 5.31. The van der Waals surface area contributed by atoms with Crippen molar-refractivity contribution in [2.45, 2.75) is 58.9 Å². The SMILES string of the molecule is CCCN(CCC)CCCNC(=O)[C@@H]1c2ccccc2C(=O)N(CC(C)C)[C@H]1c1cccs1. The molecule has 2 aromatic rings. The van der Waals surface area contributed by atoms with Gasteiger partial charge in [0.05, 0.1) is 12.0 Å². The molecule has 0 bridgehead atoms. The minimum Gasteiger partial charge on any atom is -0.355 e. The molecule has 1 aliphatic heterocycles. The van der Waals surface area contributed by atoms with Crippen LogP contribution in [0.4, 0.5) is 0 Å². The topological polar surface area (TPSA) is 52.7 Å². The highest BCUT2D eigenvalue weighted by atomic mass is 32.1. The summed E-state index contributed by atoms with van der Waals surface area (Å²) in [6.45, 7) is 13.1. The van der Waals surface area contributed by atoms with Gasteiger partial charge in [0.1, 0.15) is 0 Å². The smallest absolute Gasteiger partial charge is 0.254 e. The fraction of sp³-hybridized carbons (Fsp3) is 0.556. The number of carbonyl (C=O) groups is 2. The molecule has 0 saturated heterocycles. The Morgan fingerprint density at radius 3 is 2.45 bits per heavy atom. The van der Waals surface area contributed by atoms with Crippen molar-refractivity contribution < 1.29 is 9.59 Å². The van der Waals surface area contributed by atoms with Crippen molar-refractivity contribution in [1.82, 2.24) is 15.1 Å². The number of benzene rings is 1. The van der Waals surface area contributed by atoms with Gasteiger partial charge in [-0.25, -0.2) is 0 Å². The second-order valence-electron chi connectivity index (χ2n) is 9.36. The van der Waals surface area contributed by atoms with Gasteiger partial charge in [-0.15, -0.1) is 11.3 Å². The maximum absolute atomic E-state index is 13.6. The number of hydrogen-bond acceptors (Lipinski definition) is 4. The van der Waals surface area contributed by atoms with Crippen LogP contribution in [0, 0.1) is 5.92 Å². The van der Waals surface area contributed by atoms with E-state index in [-0.39, 0.29) is 17.9 Å². The van der Waals surface area contributed by atoms with Crippen molar-refractivity contribution in [1.29, 1.82) is 0 Å². The second-order valence-corrected chi connectivity index (χ2v) is 10.3. The fourth-order valence-electron chi connectivity index (χ4n) is 4.84. The summed E-state index contributed by atoms with van der Waals surface area (Å²) in [5.74, 6) is -0.0525. The van der Waals surface area contributed by atoms with E-state index in [0.717, 1.165) is 49.3 Å². The number of nitrogens with zero attached hydrogens (tertiary/aromatic N) is 2. The lowest BCUT2D eigenvalue weighted by molar-refractivity contribution is -0.124. The molecule has 180 valence electrons. The summed E-state index contributed by atoms with van der Waals surface area (Å²) in [7, 11) is 0. The van der Waals surface area contributed by atoms with Crippen LogP contribution in [0.15, 0.2) is 41.8 Å². The number of hydrogen-bond donors (Lipinski definition) is 1. The molecule has 0 radical (unpaired) electrons. The third kappa shape index (κ3) is 6.24. The maximum Gasteiger partial charge on any atom is 0.254 e. The average molecular weight is 470 g/mol. The minimum atomic E-state index is -0.404. The van der Waals surface area contributed by atoms with Gasteiger partial charge >= 0.3 is 0 Å². The number of carbonyl (C=O) groups excluding carboxylic acids is 2. The molecule has 0 unspecified atom stereocenters. The molecular formula is C27H39N3O2S. The van der Waals surface area contributed by atoms with E-state index >= 15 is 0 Å². The van der Waals surface area contributed by atoms with Gasteiger partial charge in [0.15, 0.2) is 0 Å². The Hall–Kier alpha value is -2.18. The minimum absolute atomic E-state index is 0.0136. The Morgan fingerprint density at radius 2 is 1.82 bits per heavy atom. The molecule has 0 spiro atoms. The quantitative estimate of drug-likeness (QED) is 0.429. The van der Waals surface area contributed by atoms with Crippen molar-refractivity contribution in [3.8, 4) is 0 Å². The van der Waals surface area contributed by atoms with Crippen molar-refractivity contribution in [2.75, 3.05) is 32.7 Å². The molecule has 33 heavy (non-hydrogen) atoms. The van der Waals surface area contributed by atoms with Crippen molar-refractivity contribution in [3.05, 3.63) is 57.8 Å². The molecular weight excluding hydrogens is 430 g/mol. The zero-order chi connectivity index (χ0) is 23.8. The summed E-state index contributed by atoms with van der Waals surface area (Å²) < 4.78 is 0. The van der Waals surface area contributed by atoms with E-state index in [0.29, 0.717) is 24.6 Å². The Morgan fingerprint density at radius 1 is 1.09 bits per heavy atom. The summed E-state index contributed by atoms with van der Waals surface area (Å²) in [6, 6.07) is 11.4. The molecule has 2 atom stereocenters. The van der Waals surface area contributed by atoms with Gasteiger partial charge in [-0.05, 0) is 67.9 Å². The van der Waals surface area contributed by atoms with Gasteiger partial charge in [-0.3, -0.25) is 9.59 Å². The van der Waals surface area contributed by atoms with E-state index in [1.807, 2.05) is 40.6 Å². The van der Waals surface area contributed by atoms with Gasteiger partial charge in [0.2, 0.25) is 5.91 Å². The highest BCUT2D eigenvalue weighted by Gasteiger charge is 2.44. The van der Waals surface area contributed by atoms with Crippen LogP contribution in [0.1, 0.15) is 79.7 Å². The van der Waals surface area contributed by atoms with Crippen LogP contribution < -0.4 is 5.32 Å². The highest BCUT2D eigenvalue weighted by molar-refractivity contribution is 7.10. The van der Waals surface area contributed by atoms with Gasteiger partial charge in [-0.2, -0.15) is 0 Å². The monoisotopic (exact) mass is 469 g/mol. The average Bonchev–Trinajstić information content (AvgIpc) is 3.32. The number of amides is 2. The van der Waals surface area contributed by atoms with Crippen LogP contribution in [-0.2, 0) is 4.79 Å². The van der Waals surface area contributed by atoms with E-state index in [4.69, 9.17) is 0 Å². The molecule has 2 heterocycles. The summed E-state index contributed by atoms with van der Waals surface area (Å²) >= 11 is 1.62. The Kier molecular flexibility index (Phi) is 9.51. The van der Waals surface area contributed by atoms with Crippen molar-refractivity contribution >= 4 is 23.2 Å². The Labute approximate surface area is 203 Å². The number of thiophene rings is 1. The first kappa shape index (κ1) is 25.4. The van der Waals surface area contributed by atoms with Gasteiger partial charge in [-0.1, -0.05) is 52.0 Å². The van der Waals surface area contributed by atoms with E-state index in [9.17, 15) is 9.59 Å². The van der Waals surface area contributed by atoms with Gasteiger partial charge < -0.3 is 15.1 Å². The molecule has 2 amide bonds. The molecule has 5 nitrogen and oxygen atoms in total. The van der Waals surface area contributed by atoms with E-state index < -0.39 is 5.92 Å². The first-order chi connectivity index (χ1) is 16.0. The summed E-state index contributed by atoms with van der Waals surface area (Å²) in [5.41, 5.74) is 1.50. The lowest BCUT2D eigenvalue weighted by Gasteiger charge is -2.42. The Bertz CT molecular complexity index is 891. The molecule has 6 heteroatoms. The van der Waals surface area contributed by atoms with E-state index in [1.165, 1.54) is 0 Å². The van der Waals surface area contributed by atoms with Crippen LogP contribution >= 0.6 is 11.3 Å². The molecule has 0 saturated carbocycles. The van der Waals surface area contributed by atoms with Crippen LogP contribution in [-0.4, -0.2) is 54.3 Å². The Balaban J connectivity index is 1.83. The zero-order valence-corrected chi connectivity index (χ0v) is 21.4. The van der Waals surface area contributed by atoms with Crippen LogP contribution in [0.25, 0.3) is 0 Å². The van der Waals surface area contributed by atoms with Gasteiger partial charge in [0.25, 0.3) is 5.91 Å². The van der Waals surface area contributed by atoms with Crippen molar-refractivity contribution in [3.63, 3.8) is 0 Å². The van der Waals surface area contributed by atoms with Crippen LogP contribution in [0.5, 0.6) is 0 Å². The molecule has 1 aromatic carbocycles. The first-order valence-corrected chi connectivity index (χ1v) is 13.3. The first-order valence-electron chi connectivity index (χ1n) is 12.4. The lowest BCUT2D eigenvalue weighted by atomic mass is 9.81. The van der Waals surface area contributed by atoms with E-state index in [1.54, 1.807) is 11.3 Å². The molecule has 1 aliphatic rings. The lowest BCUT2D eigenvalue weighted by Crippen LogP contribution is -2.48. The molecule has 3 rings (SSSR count). The second kappa shape index (κ2) is 12.3. The molecule has 0 fully saturated rings. The van der Waals surface area contributed by atoms with Crippen LogP contribution in [0.3, 0.4) is 0 Å². The fourth-order valence-corrected chi connectivity index (χ4v) is 5.71. The third-order valence-electron chi connectivity index (χ3n) is 6.15. The largest absolute Gasteiger partial charge is 0.355 e. The molecule has 1 N–H and O–H groups in total. The summed E-state index contributed by atoms with van der Waals surface area (Å²) in [6.07, 6.45) is 3.22. The predicted molar refractivity (Wildman–Crippen MR) is 137 cm³/mol. The maximum atomic E-state index is 13.6. The standard InChI is InChI=1S/C27H39N3O2S/c1-5-15-29(16-6-2)17-10-14-28-26(31)24-21-11-7-8-12-22(21)27(32)30(19-20(3)4)25(24)23-13-9-18-33-23/h7-9,11-13,18,20,24-25H,5-6,10,14-17,19H2,1-4H3,(H,28,31)/t24-,25+/m1/s1. The number of fused-ring (bicyclic) bond motifs is 1. The van der Waals surface area contributed by atoms with E-state index in [2.05, 4.69) is 44.0 Å². The number of nitrogens with one attached hydrogen (secondary N) is 1. The van der Waals surface area contributed by atoms with Crippen LogP contribution in [0.2, 0.25) is 0 Å². The molecule has 0 aliphatic carbocycles. The van der Waals surface area contributed by atoms with Crippen molar-refractivity contribution in [2.24, 2.45) is 5.92 Å². The summed E-state index contributed by atoms with van der Waals surface area (Å²) in [4.78, 5) is 32.6. The number of rotatable bonds is 12. The molecule has 1 aromatic heterocycles. The highest BCUT2D eigenvalue weighted by Crippen LogP contribution is 2.44. The van der Waals surface area contributed by atoms with Gasteiger partial charge in [0, 0.05) is 23.5 Å². The third-order valence-corrected chi connectivity index (χ3v) is 7.09.